The smallest absolute Gasteiger partial charge is 0.410 e. The molecular weight excluding hydrogens is 362 g/mol. The van der Waals surface area contributed by atoms with Crippen LogP contribution < -0.4 is 5.32 Å². The molecule has 26 heavy (non-hydrogen) atoms. The molecule has 1 atom stereocenters. The van der Waals surface area contributed by atoms with Gasteiger partial charge in [0.15, 0.2) is 22.1 Å². The van der Waals surface area contributed by atoms with Crippen molar-refractivity contribution in [3.63, 3.8) is 0 Å². The van der Waals surface area contributed by atoms with Crippen molar-refractivity contribution in [3.8, 4) is 6.19 Å². The fraction of sp³-hybridized carbons (Fsp3) is 0.438. The lowest BCUT2D eigenvalue weighted by molar-refractivity contribution is -0.128. The highest BCUT2D eigenvalue weighted by molar-refractivity contribution is 7.90. The van der Waals surface area contributed by atoms with Gasteiger partial charge in [0.05, 0.1) is 24.7 Å². The van der Waals surface area contributed by atoms with Gasteiger partial charge in [0.2, 0.25) is 0 Å². The maximum atomic E-state index is 12.4. The molecule has 2 amide bonds. The normalized spacial score (nSPS) is 15.6. The second kappa shape index (κ2) is 9.17. The third kappa shape index (κ3) is 6.02. The second-order valence-electron chi connectivity index (χ2n) is 5.61. The predicted molar refractivity (Wildman–Crippen MR) is 90.3 cm³/mol. The fourth-order valence-corrected chi connectivity index (χ4v) is 3.86. The number of nitriles is 1. The van der Waals surface area contributed by atoms with Gasteiger partial charge in [0, 0.05) is 13.1 Å². The zero-order valence-electron chi connectivity index (χ0n) is 14.0. The Bertz CT molecular complexity index is 769. The van der Waals surface area contributed by atoms with Gasteiger partial charge >= 0.3 is 6.09 Å². The summed E-state index contributed by atoms with van der Waals surface area (Å²) in [6, 6.07) is 8.43. The molecule has 0 aromatic heterocycles. The average molecular weight is 381 g/mol. The Morgan fingerprint density at radius 2 is 1.92 bits per heavy atom. The van der Waals surface area contributed by atoms with Crippen LogP contribution in [0.2, 0.25) is 0 Å². The van der Waals surface area contributed by atoms with Crippen LogP contribution in [0.25, 0.3) is 0 Å². The second-order valence-corrected chi connectivity index (χ2v) is 7.72. The van der Waals surface area contributed by atoms with Gasteiger partial charge < -0.3 is 14.4 Å². The van der Waals surface area contributed by atoms with Gasteiger partial charge in [0.25, 0.3) is 5.91 Å². The van der Waals surface area contributed by atoms with E-state index in [-0.39, 0.29) is 18.8 Å². The van der Waals surface area contributed by atoms with E-state index in [1.54, 1.807) is 30.3 Å². The summed E-state index contributed by atoms with van der Waals surface area (Å²) in [4.78, 5) is 25.4. The number of rotatable bonds is 6. The summed E-state index contributed by atoms with van der Waals surface area (Å²) in [5.41, 5.74) is 0.548. The van der Waals surface area contributed by atoms with Crippen molar-refractivity contribution in [2.75, 3.05) is 32.1 Å². The minimum Gasteiger partial charge on any atom is -0.435 e. The number of morpholine rings is 1. The lowest BCUT2D eigenvalue weighted by Crippen LogP contribution is -2.46. The van der Waals surface area contributed by atoms with Crippen LogP contribution in [0.5, 0.6) is 0 Å². The summed E-state index contributed by atoms with van der Waals surface area (Å²) in [6.45, 7) is 1.22. The Morgan fingerprint density at radius 3 is 2.54 bits per heavy atom. The standard InChI is InChI=1S/C16H19N3O6S/c17-12-18-15(20)14(25-16(21)19-6-8-24-9-7-19)11-26(22,23)10-13-4-2-1-3-5-13/h1-5,14H,6-11H2,(H,18,20)/t14-/m0/s1. The van der Waals surface area contributed by atoms with Gasteiger partial charge in [-0.2, -0.15) is 5.26 Å². The molecule has 0 unspecified atom stereocenters. The van der Waals surface area contributed by atoms with E-state index in [0.717, 1.165) is 0 Å². The highest BCUT2D eigenvalue weighted by Gasteiger charge is 2.31. The quantitative estimate of drug-likeness (QED) is 0.544. The van der Waals surface area contributed by atoms with Gasteiger partial charge in [-0.05, 0) is 5.56 Å². The van der Waals surface area contributed by atoms with Crippen LogP contribution in [-0.2, 0) is 29.9 Å². The number of ether oxygens (including phenoxy) is 2. The number of hydrogen-bond acceptors (Lipinski definition) is 7. The highest BCUT2D eigenvalue weighted by atomic mass is 32.2. The summed E-state index contributed by atoms with van der Waals surface area (Å²) < 4.78 is 35.0. The molecular formula is C16H19N3O6S. The molecule has 1 aliphatic rings. The number of carbonyl (C=O) groups excluding carboxylic acids is 2. The molecule has 1 aromatic carbocycles. The molecule has 2 rings (SSSR count). The lowest BCUT2D eigenvalue weighted by atomic mass is 10.2. The van der Waals surface area contributed by atoms with Crippen molar-refractivity contribution in [2.45, 2.75) is 11.9 Å². The maximum Gasteiger partial charge on any atom is 0.410 e. The third-order valence-corrected chi connectivity index (χ3v) is 5.20. The van der Waals surface area contributed by atoms with Crippen LogP contribution >= 0.6 is 0 Å². The van der Waals surface area contributed by atoms with Crippen molar-refractivity contribution < 1.29 is 27.5 Å². The molecule has 1 N–H and O–H groups in total. The molecule has 9 nitrogen and oxygen atoms in total. The number of nitrogens with one attached hydrogen (secondary N) is 1. The summed E-state index contributed by atoms with van der Waals surface area (Å²) in [7, 11) is -3.76. The third-order valence-electron chi connectivity index (χ3n) is 3.62. The topological polar surface area (TPSA) is 126 Å². The molecule has 1 heterocycles. The summed E-state index contributed by atoms with van der Waals surface area (Å²) in [6.07, 6.45) is -1.01. The number of carbonyl (C=O) groups is 2. The van der Waals surface area contributed by atoms with Crippen LogP contribution in [-0.4, -0.2) is 63.5 Å². The zero-order chi connectivity index (χ0) is 19.0. The minimum absolute atomic E-state index is 0.280. The monoisotopic (exact) mass is 381 g/mol. The zero-order valence-corrected chi connectivity index (χ0v) is 14.8. The molecule has 1 fully saturated rings. The Kier molecular flexibility index (Phi) is 6.94. The van der Waals surface area contributed by atoms with E-state index in [0.29, 0.717) is 18.8 Å². The number of hydrogen-bond donors (Lipinski definition) is 1. The van der Waals surface area contributed by atoms with Crippen LogP contribution in [0.1, 0.15) is 5.56 Å². The van der Waals surface area contributed by atoms with Gasteiger partial charge in [0.1, 0.15) is 0 Å². The van der Waals surface area contributed by atoms with E-state index >= 15 is 0 Å². The van der Waals surface area contributed by atoms with Gasteiger partial charge in [-0.1, -0.05) is 30.3 Å². The van der Waals surface area contributed by atoms with E-state index in [9.17, 15) is 18.0 Å². The SMILES string of the molecule is N#CNC(=O)[C@H](CS(=O)(=O)Cc1ccccc1)OC(=O)N1CCOCC1. The summed E-state index contributed by atoms with van der Waals surface area (Å²) in [5.74, 6) is -2.00. The Morgan fingerprint density at radius 1 is 1.27 bits per heavy atom. The molecule has 0 spiro atoms. The van der Waals surface area contributed by atoms with Crippen LogP contribution in [0.3, 0.4) is 0 Å². The number of nitrogens with zero attached hydrogens (tertiary/aromatic N) is 2. The Hall–Kier alpha value is -2.64. The molecule has 0 aliphatic carbocycles. The van der Waals surface area contributed by atoms with E-state index in [4.69, 9.17) is 14.7 Å². The molecule has 0 bridgehead atoms. The van der Waals surface area contributed by atoms with E-state index in [1.165, 1.54) is 11.1 Å². The molecule has 0 radical (unpaired) electrons. The van der Waals surface area contributed by atoms with E-state index in [1.807, 2.05) is 5.32 Å². The van der Waals surface area contributed by atoms with Crippen molar-refractivity contribution in [3.05, 3.63) is 35.9 Å². The van der Waals surface area contributed by atoms with Gasteiger partial charge in [-0.25, -0.2) is 13.2 Å². The first kappa shape index (κ1) is 19.7. The maximum absolute atomic E-state index is 12.4. The summed E-state index contributed by atoms with van der Waals surface area (Å²) in [5, 5.41) is 10.4. The number of amides is 2. The molecule has 1 aliphatic heterocycles. The number of benzene rings is 1. The first-order chi connectivity index (χ1) is 12.4. The van der Waals surface area contributed by atoms with Crippen LogP contribution in [0.15, 0.2) is 30.3 Å². The highest BCUT2D eigenvalue weighted by Crippen LogP contribution is 2.11. The van der Waals surface area contributed by atoms with Crippen molar-refractivity contribution in [1.29, 1.82) is 5.26 Å². The lowest BCUT2D eigenvalue weighted by Gasteiger charge is -2.27. The van der Waals surface area contributed by atoms with Gasteiger partial charge in [-0.15, -0.1) is 0 Å². The predicted octanol–water partition coefficient (Wildman–Crippen LogP) is 0.0361. The van der Waals surface area contributed by atoms with Crippen molar-refractivity contribution in [2.24, 2.45) is 0 Å². The van der Waals surface area contributed by atoms with E-state index < -0.39 is 33.7 Å². The Balaban J connectivity index is 2.07. The largest absolute Gasteiger partial charge is 0.435 e. The first-order valence-corrected chi connectivity index (χ1v) is 9.70. The molecule has 0 saturated carbocycles. The average Bonchev–Trinajstić information content (AvgIpc) is 2.62. The first-order valence-electron chi connectivity index (χ1n) is 7.88. The molecule has 10 heteroatoms. The van der Waals surface area contributed by atoms with Crippen LogP contribution in [0.4, 0.5) is 4.79 Å². The van der Waals surface area contributed by atoms with Crippen LogP contribution in [0, 0.1) is 11.5 Å². The van der Waals surface area contributed by atoms with Crippen molar-refractivity contribution in [1.82, 2.24) is 10.2 Å². The molecule has 140 valence electrons. The molecule has 1 aromatic rings. The number of sulfone groups is 1. The Labute approximate surface area is 151 Å². The minimum atomic E-state index is -3.76. The summed E-state index contributed by atoms with van der Waals surface area (Å²) >= 11 is 0. The van der Waals surface area contributed by atoms with Crippen molar-refractivity contribution >= 4 is 21.8 Å². The molecule has 1 saturated heterocycles. The van der Waals surface area contributed by atoms with Gasteiger partial charge in [-0.3, -0.25) is 10.1 Å². The van der Waals surface area contributed by atoms with E-state index in [2.05, 4.69) is 0 Å². The fourth-order valence-electron chi connectivity index (χ4n) is 2.36.